The zero-order chi connectivity index (χ0) is 84.8. The van der Waals surface area contributed by atoms with E-state index in [1.807, 2.05) is 184 Å². The minimum atomic E-state index is -0.577. The predicted molar refractivity (Wildman–Crippen MR) is 472 cm³/mol. The first kappa shape index (κ1) is 93.6. The van der Waals surface area contributed by atoms with Crippen LogP contribution < -0.4 is 50.3 Å². The number of rotatable bonds is 26. The number of anilines is 5. The third kappa shape index (κ3) is 32.5. The lowest BCUT2D eigenvalue weighted by Crippen LogP contribution is -2.15. The molecule has 24 heteroatoms. The van der Waals surface area contributed by atoms with Gasteiger partial charge in [0.2, 0.25) is 0 Å². The van der Waals surface area contributed by atoms with Gasteiger partial charge in [-0.1, -0.05) is 135 Å². The highest BCUT2D eigenvalue weighted by Gasteiger charge is 2.17. The van der Waals surface area contributed by atoms with Gasteiger partial charge in [0, 0.05) is 40.9 Å². The van der Waals surface area contributed by atoms with Gasteiger partial charge >= 0.3 is 30.5 Å². The van der Waals surface area contributed by atoms with E-state index in [0.717, 1.165) is 98.0 Å². The minimum Gasteiger partial charge on any atom is -0.489 e. The SMILES string of the molecule is C=Cc1ccc(NC(=O)OCC)c(COc2ccc(C)cc2C)c1.CCOC(=O)Nc1ccc(Br)cc1COc1ccc(C)cc1C.CCOC(=O)Nc1ccc(Cl)cc1COc1ccc(C)cc1C.CCOC(=O)Nc1ccc(F)cc1COc1ccc(C)cc1C.CCOC(=O)Nc1ccc(I)cc1COc1ccc(C)cc1C. The topological polar surface area (TPSA) is 238 Å². The second kappa shape index (κ2) is 48.8. The summed E-state index contributed by atoms with van der Waals surface area (Å²) < 4.78 is 69.4. The van der Waals surface area contributed by atoms with Crippen molar-refractivity contribution in [3.8, 4) is 28.7 Å². The predicted octanol–water partition coefficient (Wildman–Crippen LogP) is 25.1. The van der Waals surface area contributed by atoms with Crippen LogP contribution >= 0.6 is 50.1 Å². The first-order chi connectivity index (χ1) is 55.5. The summed E-state index contributed by atoms with van der Waals surface area (Å²) in [5.74, 6) is 3.64. The summed E-state index contributed by atoms with van der Waals surface area (Å²) in [6.07, 6.45) is -0.718. The summed E-state index contributed by atoms with van der Waals surface area (Å²) >= 11 is 11.7. The molecule has 116 heavy (non-hydrogen) atoms. The van der Waals surface area contributed by atoms with E-state index >= 15 is 0 Å². The van der Waals surface area contributed by atoms with Crippen molar-refractivity contribution in [3.05, 3.63) is 296 Å². The lowest BCUT2D eigenvalue weighted by Gasteiger charge is -2.14. The molecule has 0 radical (unpaired) electrons. The van der Waals surface area contributed by atoms with Crippen molar-refractivity contribution in [2.45, 2.75) is 137 Å². The molecule has 5 N–H and O–H groups in total. The zero-order valence-electron chi connectivity index (χ0n) is 68.3. The van der Waals surface area contributed by atoms with Crippen LogP contribution in [0, 0.1) is 78.6 Å². The summed E-state index contributed by atoms with van der Waals surface area (Å²) in [7, 11) is 0. The number of halogens is 4. The van der Waals surface area contributed by atoms with Gasteiger partial charge in [-0.15, -0.1) is 0 Å². The van der Waals surface area contributed by atoms with Gasteiger partial charge in [0.25, 0.3) is 0 Å². The molecule has 10 rings (SSSR count). The molecule has 0 saturated heterocycles. The van der Waals surface area contributed by atoms with E-state index in [1.54, 1.807) is 58.9 Å². The Balaban J connectivity index is 0.000000225. The number of carbonyl (C=O) groups excluding carboxylic acids is 5. The van der Waals surface area contributed by atoms with Gasteiger partial charge in [-0.3, -0.25) is 26.6 Å². The van der Waals surface area contributed by atoms with Crippen LogP contribution in [0.1, 0.15) is 124 Å². The Hall–Kier alpha value is -11.3. The van der Waals surface area contributed by atoms with E-state index in [1.165, 1.54) is 40.5 Å². The lowest BCUT2D eigenvalue weighted by molar-refractivity contribution is 0.167. The molecule has 0 heterocycles. The molecule has 5 amide bonds. The van der Waals surface area contributed by atoms with E-state index in [-0.39, 0.29) is 13.2 Å². The van der Waals surface area contributed by atoms with Crippen LogP contribution in [-0.2, 0) is 56.7 Å². The zero-order valence-corrected chi connectivity index (χ0v) is 72.8. The summed E-state index contributed by atoms with van der Waals surface area (Å²) in [4.78, 5) is 58.1. The first-order valence-electron chi connectivity index (χ1n) is 37.6. The van der Waals surface area contributed by atoms with E-state index in [0.29, 0.717) is 91.9 Å². The Morgan fingerprint density at radius 3 is 0.931 bits per heavy atom. The molecule has 0 fully saturated rings. The third-order valence-corrected chi connectivity index (χ3v) is 18.2. The Kier molecular flexibility index (Phi) is 39.4. The fourth-order valence-corrected chi connectivity index (χ4v) is 12.3. The molecule has 0 aliphatic rings. The molecule has 20 nitrogen and oxygen atoms in total. The maximum Gasteiger partial charge on any atom is 0.411 e. The summed E-state index contributed by atoms with van der Waals surface area (Å²) in [5.41, 5.74) is 19.3. The average molecular weight is 1780 g/mol. The van der Waals surface area contributed by atoms with Crippen molar-refractivity contribution >= 4 is 115 Å². The fraction of sp³-hybridized carbons (Fsp3) is 0.272. The molecular weight excluding hydrogens is 1680 g/mol. The minimum absolute atomic E-state index is 0.142. The number of amides is 5. The normalized spacial score (nSPS) is 10.2. The lowest BCUT2D eigenvalue weighted by atomic mass is 10.1. The molecule has 10 aromatic carbocycles. The highest BCUT2D eigenvalue weighted by Crippen LogP contribution is 2.31. The van der Waals surface area contributed by atoms with Crippen LogP contribution in [0.25, 0.3) is 6.08 Å². The second-order valence-corrected chi connectivity index (χ2v) is 28.9. The van der Waals surface area contributed by atoms with Gasteiger partial charge in [0.05, 0.1) is 61.5 Å². The summed E-state index contributed by atoms with van der Waals surface area (Å²) in [6.45, 7) is 35.8. The number of hydrogen-bond acceptors (Lipinski definition) is 15. The van der Waals surface area contributed by atoms with E-state index in [4.69, 9.17) is 59.0 Å². The van der Waals surface area contributed by atoms with Crippen LogP contribution in [-0.4, -0.2) is 63.5 Å². The number of carbonyl (C=O) groups is 5. The monoisotopic (exact) mass is 1780 g/mol. The number of aryl methyl sites for hydroxylation is 10. The fourth-order valence-electron chi connectivity index (χ4n) is 11.2. The van der Waals surface area contributed by atoms with Crippen LogP contribution in [0.5, 0.6) is 28.7 Å². The van der Waals surface area contributed by atoms with Crippen molar-refractivity contribution in [1.82, 2.24) is 0 Å². The molecule has 0 aromatic heterocycles. The first-order valence-corrected chi connectivity index (χ1v) is 39.8. The Labute approximate surface area is 707 Å². The molecule has 0 unspecified atom stereocenters. The number of hydrogen-bond donors (Lipinski definition) is 5. The van der Waals surface area contributed by atoms with Crippen molar-refractivity contribution in [3.63, 3.8) is 0 Å². The van der Waals surface area contributed by atoms with Gasteiger partial charge in [-0.05, 0) is 275 Å². The summed E-state index contributed by atoms with van der Waals surface area (Å²) in [6, 6.07) is 56.4. The molecule has 0 atom stereocenters. The van der Waals surface area contributed by atoms with Crippen LogP contribution in [0.4, 0.5) is 56.8 Å². The summed E-state index contributed by atoms with van der Waals surface area (Å²) in [5, 5.41) is 14.1. The standard InChI is InChI=1S/C20H23NO3.C18H20BrNO3.C18H20ClNO3.C18H20FNO3.C18H20INO3/c1-5-16-8-9-18(21-20(22)23-6-2)17(12-16)13-24-19-10-7-14(3)11-15(19)4;4*1-4-22-18(21)20-16-7-6-15(19)10-14(16)11-23-17-8-5-12(2)9-13(17)3/h5,7-12H,1,6,13H2,2-4H3,(H,21,22);4*5-10H,4,11H2,1-3H3,(H,20,21). The van der Waals surface area contributed by atoms with Gasteiger partial charge in [0.1, 0.15) is 67.6 Å². The molecule has 0 spiro atoms. The van der Waals surface area contributed by atoms with Crippen molar-refractivity contribution in [1.29, 1.82) is 0 Å². The molecule has 0 bridgehead atoms. The van der Waals surface area contributed by atoms with Crippen molar-refractivity contribution < 1.29 is 75.7 Å². The molecule has 0 aliphatic carbocycles. The third-order valence-electron chi connectivity index (χ3n) is 16.8. The van der Waals surface area contributed by atoms with Gasteiger partial charge in [-0.25, -0.2) is 28.4 Å². The molecule has 0 aliphatic heterocycles. The van der Waals surface area contributed by atoms with Crippen molar-refractivity contribution in [2.24, 2.45) is 0 Å². The number of nitrogens with one attached hydrogen (secondary N) is 5. The van der Waals surface area contributed by atoms with E-state index < -0.39 is 36.3 Å². The molecule has 10 aromatic rings. The van der Waals surface area contributed by atoms with Crippen LogP contribution in [0.3, 0.4) is 0 Å². The molecule has 614 valence electrons. The Morgan fingerprint density at radius 2 is 0.621 bits per heavy atom. The maximum absolute atomic E-state index is 13.5. The number of benzene rings is 10. The smallest absolute Gasteiger partial charge is 0.411 e. The van der Waals surface area contributed by atoms with Crippen LogP contribution in [0.2, 0.25) is 5.02 Å². The van der Waals surface area contributed by atoms with Gasteiger partial charge in [-0.2, -0.15) is 0 Å². The molecular formula is C92H103BrClFIN5O15. The quantitative estimate of drug-likeness (QED) is 0.0250. The highest BCUT2D eigenvalue weighted by atomic mass is 127. The van der Waals surface area contributed by atoms with E-state index in [2.05, 4.69) is 103 Å². The Morgan fingerprint density at radius 1 is 0.353 bits per heavy atom. The van der Waals surface area contributed by atoms with Gasteiger partial charge in [0.15, 0.2) is 0 Å². The number of ether oxygens (including phenoxy) is 10. The average Bonchev–Trinajstić information content (AvgIpc) is 0.847. The van der Waals surface area contributed by atoms with Crippen LogP contribution in [0.15, 0.2) is 193 Å². The second-order valence-electron chi connectivity index (χ2n) is 26.3. The van der Waals surface area contributed by atoms with Gasteiger partial charge < -0.3 is 47.4 Å². The molecule has 0 saturated carbocycles. The largest absolute Gasteiger partial charge is 0.489 e. The maximum atomic E-state index is 13.5. The Bertz CT molecular complexity index is 4480. The van der Waals surface area contributed by atoms with Crippen molar-refractivity contribution in [2.75, 3.05) is 59.6 Å². The van der Waals surface area contributed by atoms with E-state index in [9.17, 15) is 28.4 Å². The highest BCUT2D eigenvalue weighted by molar-refractivity contribution is 14.1.